The summed E-state index contributed by atoms with van der Waals surface area (Å²) < 4.78 is 40.1. The molecule has 12 nitrogen and oxygen atoms in total. The van der Waals surface area contributed by atoms with Crippen molar-refractivity contribution in [1.82, 2.24) is 39.8 Å². The van der Waals surface area contributed by atoms with Crippen molar-refractivity contribution in [2.24, 2.45) is 5.92 Å². The van der Waals surface area contributed by atoms with E-state index in [0.717, 1.165) is 36.6 Å². The first kappa shape index (κ1) is 27.7. The number of aromatic amines is 2. The smallest absolute Gasteiger partial charge is 0.227 e. The summed E-state index contributed by atoms with van der Waals surface area (Å²) in [6.07, 6.45) is 10.6. The highest BCUT2D eigenvalue weighted by molar-refractivity contribution is 7.88. The molecule has 0 saturated heterocycles. The Morgan fingerprint density at radius 3 is 2.66 bits per heavy atom. The average Bonchev–Trinajstić information content (AvgIpc) is 3.58. The molecule has 0 spiro atoms. The van der Waals surface area contributed by atoms with Gasteiger partial charge in [0.05, 0.1) is 29.0 Å². The van der Waals surface area contributed by atoms with Gasteiger partial charge < -0.3 is 10.3 Å². The number of amides is 1. The van der Waals surface area contributed by atoms with Crippen LogP contribution in [-0.4, -0.2) is 55.7 Å². The maximum atomic E-state index is 14.6. The van der Waals surface area contributed by atoms with E-state index in [9.17, 15) is 17.6 Å². The Labute approximate surface area is 250 Å². The number of sulfonamides is 1. The van der Waals surface area contributed by atoms with Crippen LogP contribution in [0.4, 0.5) is 10.1 Å². The molecule has 1 aliphatic rings. The lowest BCUT2D eigenvalue weighted by Gasteiger charge is -2.24. The van der Waals surface area contributed by atoms with Gasteiger partial charge in [-0.25, -0.2) is 32.5 Å². The summed E-state index contributed by atoms with van der Waals surface area (Å²) in [5, 5.41) is 11.0. The van der Waals surface area contributed by atoms with Gasteiger partial charge in [-0.15, -0.1) is 0 Å². The van der Waals surface area contributed by atoms with E-state index in [1.807, 2.05) is 12.1 Å². The Morgan fingerprint density at radius 1 is 1.02 bits per heavy atom. The van der Waals surface area contributed by atoms with Gasteiger partial charge in [-0.3, -0.25) is 14.9 Å². The van der Waals surface area contributed by atoms with Gasteiger partial charge in [0.2, 0.25) is 15.9 Å². The number of anilines is 1. The van der Waals surface area contributed by atoms with Crippen molar-refractivity contribution >= 4 is 43.8 Å². The SMILES string of the molecule is CS(=O)(=O)NCc1cc(F)cc(-c2ccnc3nc(-c4[nH]nc5ncc(-c6cncc(NC(=O)C7CCC7)c6)cc45)[nH]c23)c1. The van der Waals surface area contributed by atoms with Crippen molar-refractivity contribution in [2.75, 3.05) is 11.6 Å². The van der Waals surface area contributed by atoms with Crippen LogP contribution in [0.3, 0.4) is 0 Å². The van der Waals surface area contributed by atoms with Gasteiger partial charge in [-0.05, 0) is 60.4 Å². The molecule has 1 saturated carbocycles. The third-order valence-electron chi connectivity index (χ3n) is 7.66. The largest absolute Gasteiger partial charge is 0.335 e. The number of pyridine rings is 3. The molecule has 14 heteroatoms. The lowest BCUT2D eigenvalue weighted by molar-refractivity contribution is -0.122. The molecule has 0 bridgehead atoms. The second-order valence-electron chi connectivity index (χ2n) is 10.9. The summed E-state index contributed by atoms with van der Waals surface area (Å²) in [5.74, 6) is 0.0239. The summed E-state index contributed by atoms with van der Waals surface area (Å²) in [4.78, 5) is 33.6. The number of imidazole rings is 1. The average molecular weight is 612 g/mol. The Morgan fingerprint density at radius 2 is 1.86 bits per heavy atom. The molecule has 1 aliphatic carbocycles. The highest BCUT2D eigenvalue weighted by atomic mass is 32.2. The quantitative estimate of drug-likeness (QED) is 0.194. The number of hydrogen-bond acceptors (Lipinski definition) is 8. The Kier molecular flexibility index (Phi) is 6.86. The van der Waals surface area contributed by atoms with E-state index in [4.69, 9.17) is 0 Å². The molecule has 1 amide bonds. The second kappa shape index (κ2) is 10.9. The van der Waals surface area contributed by atoms with E-state index in [1.54, 1.807) is 36.9 Å². The molecule has 0 radical (unpaired) electrons. The number of carbonyl (C=O) groups is 1. The topological polar surface area (TPSA) is 171 Å². The van der Waals surface area contributed by atoms with Crippen LogP contribution < -0.4 is 10.0 Å². The van der Waals surface area contributed by atoms with Crippen molar-refractivity contribution in [2.45, 2.75) is 25.8 Å². The fraction of sp³-hybridized carbons (Fsp3) is 0.200. The molecule has 222 valence electrons. The summed E-state index contributed by atoms with van der Waals surface area (Å²) in [6.45, 7) is -0.0488. The normalized spacial score (nSPS) is 13.8. The van der Waals surface area contributed by atoms with Gasteiger partial charge in [0.15, 0.2) is 17.1 Å². The number of H-pyrrole nitrogens is 2. The Hall–Kier alpha value is -5.08. The van der Waals surface area contributed by atoms with Gasteiger partial charge in [-0.1, -0.05) is 6.42 Å². The standard InChI is InChI=1S/C30H26FN9O3S/c1-44(42,43)35-12-16-7-18(9-21(31)8-16)23-5-6-33-28-25(23)37-29(38-28)26-24-11-20(14-34-27(24)40-39-26)19-10-22(15-32-13-19)36-30(41)17-3-2-4-17/h5-11,13-15,17,35H,2-4,12H2,1H3,(H,36,41)(H,33,37,38)(H,34,39,40). The van der Waals surface area contributed by atoms with E-state index in [2.05, 4.69) is 45.2 Å². The third kappa shape index (κ3) is 5.52. The molecule has 4 N–H and O–H groups in total. The van der Waals surface area contributed by atoms with E-state index >= 15 is 0 Å². The summed E-state index contributed by atoms with van der Waals surface area (Å²) in [6, 6.07) is 9.90. The summed E-state index contributed by atoms with van der Waals surface area (Å²) in [5.41, 5.74) is 5.85. The monoisotopic (exact) mass is 611 g/mol. The highest BCUT2D eigenvalue weighted by Crippen LogP contribution is 2.33. The minimum atomic E-state index is -3.45. The van der Waals surface area contributed by atoms with Crippen molar-refractivity contribution in [3.63, 3.8) is 0 Å². The van der Waals surface area contributed by atoms with Gasteiger partial charge in [0.25, 0.3) is 0 Å². The molecule has 1 aromatic carbocycles. The predicted octanol–water partition coefficient (Wildman–Crippen LogP) is 4.55. The van der Waals surface area contributed by atoms with Gasteiger partial charge in [0.1, 0.15) is 11.5 Å². The Balaban J connectivity index is 1.23. The van der Waals surface area contributed by atoms with Crippen molar-refractivity contribution in [3.8, 4) is 33.8 Å². The lowest BCUT2D eigenvalue weighted by atomic mass is 9.85. The number of aromatic nitrogens is 7. The van der Waals surface area contributed by atoms with Crippen molar-refractivity contribution in [3.05, 3.63) is 72.6 Å². The van der Waals surface area contributed by atoms with E-state index in [-0.39, 0.29) is 18.4 Å². The zero-order chi connectivity index (χ0) is 30.4. The van der Waals surface area contributed by atoms with Crippen LogP contribution in [0.5, 0.6) is 0 Å². The maximum Gasteiger partial charge on any atom is 0.227 e. The number of fused-ring (bicyclic) bond motifs is 2. The number of nitrogens with one attached hydrogen (secondary N) is 4. The van der Waals surface area contributed by atoms with Gasteiger partial charge in [-0.2, -0.15) is 5.10 Å². The van der Waals surface area contributed by atoms with E-state index < -0.39 is 15.8 Å². The van der Waals surface area contributed by atoms with Crippen LogP contribution in [0.1, 0.15) is 24.8 Å². The number of nitrogens with zero attached hydrogens (tertiary/aromatic N) is 5. The first-order valence-electron chi connectivity index (χ1n) is 13.9. The Bertz CT molecular complexity index is 2170. The summed E-state index contributed by atoms with van der Waals surface area (Å²) >= 11 is 0. The number of hydrogen-bond donors (Lipinski definition) is 4. The molecule has 0 aliphatic heterocycles. The number of rotatable bonds is 8. The zero-order valence-corrected chi connectivity index (χ0v) is 24.2. The molecular weight excluding hydrogens is 585 g/mol. The minimum absolute atomic E-state index is 0.0128. The molecule has 0 atom stereocenters. The number of halogens is 1. The molecule has 0 unspecified atom stereocenters. The first-order chi connectivity index (χ1) is 21.2. The van der Waals surface area contributed by atoms with Crippen LogP contribution in [0.2, 0.25) is 0 Å². The molecule has 1 fully saturated rings. The maximum absolute atomic E-state index is 14.6. The van der Waals surface area contributed by atoms with Crippen LogP contribution in [0.15, 0.2) is 61.2 Å². The van der Waals surface area contributed by atoms with E-state index in [1.165, 1.54) is 12.1 Å². The lowest BCUT2D eigenvalue weighted by Crippen LogP contribution is -2.28. The van der Waals surface area contributed by atoms with Crippen LogP contribution >= 0.6 is 0 Å². The van der Waals surface area contributed by atoms with Crippen LogP contribution in [-0.2, 0) is 21.4 Å². The first-order valence-corrected chi connectivity index (χ1v) is 15.8. The predicted molar refractivity (Wildman–Crippen MR) is 163 cm³/mol. The van der Waals surface area contributed by atoms with Crippen LogP contribution in [0, 0.1) is 11.7 Å². The zero-order valence-electron chi connectivity index (χ0n) is 23.4. The fourth-order valence-electron chi connectivity index (χ4n) is 5.21. The molecule has 44 heavy (non-hydrogen) atoms. The second-order valence-corrected chi connectivity index (χ2v) is 12.7. The molecule has 7 rings (SSSR count). The van der Waals surface area contributed by atoms with Gasteiger partial charge >= 0.3 is 0 Å². The number of carbonyl (C=O) groups excluding carboxylic acids is 1. The van der Waals surface area contributed by atoms with E-state index in [0.29, 0.717) is 56.1 Å². The fourth-order valence-corrected chi connectivity index (χ4v) is 5.64. The third-order valence-corrected chi connectivity index (χ3v) is 8.33. The van der Waals surface area contributed by atoms with Crippen molar-refractivity contribution < 1.29 is 17.6 Å². The number of benzene rings is 1. The van der Waals surface area contributed by atoms with Gasteiger partial charge in [0, 0.05) is 47.7 Å². The highest BCUT2D eigenvalue weighted by Gasteiger charge is 2.25. The van der Waals surface area contributed by atoms with Crippen molar-refractivity contribution in [1.29, 1.82) is 0 Å². The minimum Gasteiger partial charge on any atom is -0.335 e. The molecule has 5 aromatic heterocycles. The molecule has 5 heterocycles. The molecular formula is C30H26FN9O3S. The van der Waals surface area contributed by atoms with Crippen LogP contribution in [0.25, 0.3) is 56.0 Å². The summed E-state index contributed by atoms with van der Waals surface area (Å²) in [7, 11) is -3.45. The molecule has 6 aromatic rings.